The Morgan fingerprint density at radius 2 is 1.87 bits per heavy atom. The highest BCUT2D eigenvalue weighted by Gasteiger charge is 2.60. The summed E-state index contributed by atoms with van der Waals surface area (Å²) in [5.41, 5.74) is -1.50. The number of aliphatic hydroxyl groups excluding tert-OH is 4. The summed E-state index contributed by atoms with van der Waals surface area (Å²) in [5.74, 6) is -4.16. The minimum atomic E-state index is -1.53. The summed E-state index contributed by atoms with van der Waals surface area (Å²) in [6.45, 7) is 8.08. The molecule has 2 saturated carbocycles. The lowest BCUT2D eigenvalue weighted by atomic mass is 9.51. The lowest BCUT2D eigenvalue weighted by Gasteiger charge is -2.56. The molecule has 4 N–H and O–H groups in total. The quantitative estimate of drug-likeness (QED) is 0.240. The third kappa shape index (κ3) is 4.20. The van der Waals surface area contributed by atoms with E-state index in [-0.39, 0.29) is 12.0 Å². The van der Waals surface area contributed by atoms with Gasteiger partial charge in [-0.2, -0.15) is 0 Å². The molecule has 9 heteroatoms. The first-order chi connectivity index (χ1) is 14.0. The number of hydrogen-bond donors (Lipinski definition) is 4. The van der Waals surface area contributed by atoms with E-state index in [1.165, 1.54) is 0 Å². The molecule has 0 aliphatic heterocycles. The van der Waals surface area contributed by atoms with Crippen LogP contribution in [-0.4, -0.2) is 76.8 Å². The van der Waals surface area contributed by atoms with Gasteiger partial charge in [-0.15, -0.1) is 0 Å². The summed E-state index contributed by atoms with van der Waals surface area (Å²) >= 11 is 0. The van der Waals surface area contributed by atoms with Crippen molar-refractivity contribution in [1.29, 1.82) is 0 Å². The van der Waals surface area contributed by atoms with Crippen molar-refractivity contribution in [2.24, 2.45) is 23.2 Å². The second-order valence-electron chi connectivity index (χ2n) is 8.33. The third-order valence-corrected chi connectivity index (χ3v) is 6.66. The van der Waals surface area contributed by atoms with E-state index in [2.05, 4.69) is 13.2 Å². The molecule has 2 fully saturated rings. The number of rotatable bonds is 7. The Hall–Kier alpha value is -2.07. The molecule has 168 valence electrons. The van der Waals surface area contributed by atoms with Crippen molar-refractivity contribution in [1.82, 2.24) is 0 Å². The number of fused-ring (bicyclic) bond motifs is 1. The summed E-state index contributed by atoms with van der Waals surface area (Å²) in [5, 5.41) is 40.6. The van der Waals surface area contributed by atoms with Gasteiger partial charge in [0.2, 0.25) is 0 Å². The first-order valence-corrected chi connectivity index (χ1v) is 9.80. The van der Waals surface area contributed by atoms with E-state index in [0.717, 1.165) is 13.4 Å². The maximum Gasteiger partial charge on any atom is 0.336 e. The van der Waals surface area contributed by atoms with Crippen LogP contribution >= 0.6 is 0 Å². The minimum Gasteiger partial charge on any atom is -0.466 e. The number of carbonyl (C=O) groups is 3. The van der Waals surface area contributed by atoms with Crippen LogP contribution < -0.4 is 0 Å². The average Bonchev–Trinajstić information content (AvgIpc) is 2.72. The summed E-state index contributed by atoms with van der Waals surface area (Å²) in [7, 11) is 1.14. The molecule has 2 rings (SSSR count). The van der Waals surface area contributed by atoms with Gasteiger partial charge >= 0.3 is 11.9 Å². The van der Waals surface area contributed by atoms with Crippen molar-refractivity contribution in [2.75, 3.05) is 13.7 Å². The van der Waals surface area contributed by atoms with Crippen LogP contribution in [0.5, 0.6) is 0 Å². The molecule has 0 aromatic carbocycles. The SMILES string of the molecule is C=C(C(=O)OC)[C@H]1[C@@H](O)[C@H]2[C@@H](C=O)CC[C@@H](O)[C@@]2(C)C[C@H]1OC(=O)C(=C)[C@H](O)CO. The van der Waals surface area contributed by atoms with Crippen LogP contribution in [0.15, 0.2) is 24.3 Å². The zero-order valence-corrected chi connectivity index (χ0v) is 17.2. The van der Waals surface area contributed by atoms with Crippen LogP contribution in [0.1, 0.15) is 26.2 Å². The second kappa shape index (κ2) is 9.38. The number of ether oxygens (including phenoxy) is 2. The predicted octanol–water partition coefficient (Wildman–Crippen LogP) is -0.490. The van der Waals surface area contributed by atoms with Crippen LogP contribution in [0.2, 0.25) is 0 Å². The van der Waals surface area contributed by atoms with Crippen molar-refractivity contribution in [2.45, 2.75) is 50.6 Å². The zero-order valence-electron chi connectivity index (χ0n) is 17.2. The molecule has 30 heavy (non-hydrogen) atoms. The van der Waals surface area contributed by atoms with Crippen molar-refractivity contribution >= 4 is 18.2 Å². The van der Waals surface area contributed by atoms with Crippen LogP contribution in [-0.2, 0) is 23.9 Å². The number of aliphatic hydroxyl groups is 4. The first-order valence-electron chi connectivity index (χ1n) is 9.80. The standard InChI is InChI=1S/C21H30O9/c1-10(13(24)9-23)20(28)30-14-7-21(3)15(25)6-5-12(8-22)17(21)18(26)16(14)11(2)19(27)29-4/h8,12-18,23-26H,1-2,5-7,9H2,3-4H3/t12-,13-,14-,15-,16-,17-,18-,21-/m1/s1. The average molecular weight is 426 g/mol. The molecule has 0 aromatic heterocycles. The van der Waals surface area contributed by atoms with Gasteiger partial charge in [-0.3, -0.25) is 0 Å². The molecule has 0 aromatic rings. The molecule has 2 aliphatic rings. The van der Waals surface area contributed by atoms with Gasteiger partial charge < -0.3 is 34.7 Å². The van der Waals surface area contributed by atoms with E-state index in [1.807, 2.05) is 0 Å². The van der Waals surface area contributed by atoms with Crippen LogP contribution in [0.3, 0.4) is 0 Å². The Labute approximate surface area is 175 Å². The summed E-state index contributed by atoms with van der Waals surface area (Å²) in [6.07, 6.45) is -3.34. The molecular formula is C21H30O9. The molecule has 0 radical (unpaired) electrons. The highest BCUT2D eigenvalue weighted by molar-refractivity contribution is 5.90. The van der Waals surface area contributed by atoms with Gasteiger partial charge in [0, 0.05) is 22.8 Å². The van der Waals surface area contributed by atoms with Gasteiger partial charge in [-0.25, -0.2) is 9.59 Å². The van der Waals surface area contributed by atoms with Crippen LogP contribution in [0, 0.1) is 23.2 Å². The number of carbonyl (C=O) groups excluding carboxylic acids is 3. The van der Waals surface area contributed by atoms with Gasteiger partial charge in [0.1, 0.15) is 18.5 Å². The number of esters is 2. The van der Waals surface area contributed by atoms with Gasteiger partial charge in [-0.1, -0.05) is 20.1 Å². The highest BCUT2D eigenvalue weighted by Crippen LogP contribution is 2.55. The fourth-order valence-electron chi connectivity index (χ4n) is 4.91. The normalized spacial score (nSPS) is 36.7. The molecular weight excluding hydrogens is 396 g/mol. The Morgan fingerprint density at radius 1 is 1.23 bits per heavy atom. The molecule has 0 unspecified atom stereocenters. The topological polar surface area (TPSA) is 151 Å². The van der Waals surface area contributed by atoms with E-state index >= 15 is 0 Å². The number of methoxy groups -OCH3 is 1. The summed E-state index contributed by atoms with van der Waals surface area (Å²) < 4.78 is 10.2. The maximum atomic E-state index is 12.5. The summed E-state index contributed by atoms with van der Waals surface area (Å²) in [6, 6.07) is 0. The molecule has 0 saturated heterocycles. The van der Waals surface area contributed by atoms with E-state index in [0.29, 0.717) is 12.8 Å². The van der Waals surface area contributed by atoms with E-state index in [1.54, 1.807) is 6.92 Å². The van der Waals surface area contributed by atoms with E-state index in [9.17, 15) is 29.7 Å². The lowest BCUT2D eigenvalue weighted by molar-refractivity contribution is -0.198. The van der Waals surface area contributed by atoms with Gasteiger partial charge in [-0.05, 0) is 19.3 Å². The Kier molecular flexibility index (Phi) is 7.57. The number of aldehydes is 1. The van der Waals surface area contributed by atoms with Gasteiger partial charge in [0.05, 0.1) is 37.4 Å². The Balaban J connectivity index is 2.45. The monoisotopic (exact) mass is 426 g/mol. The van der Waals surface area contributed by atoms with Crippen molar-refractivity contribution in [3.8, 4) is 0 Å². The first kappa shape index (κ1) is 24.2. The molecule has 0 heterocycles. The lowest BCUT2D eigenvalue weighted by Crippen LogP contribution is -2.62. The molecule has 2 aliphatic carbocycles. The second-order valence-corrected chi connectivity index (χ2v) is 8.33. The fourth-order valence-corrected chi connectivity index (χ4v) is 4.91. The Bertz CT molecular complexity index is 717. The zero-order chi connectivity index (χ0) is 22.8. The largest absolute Gasteiger partial charge is 0.466 e. The minimum absolute atomic E-state index is 0.0369. The molecule has 9 nitrogen and oxygen atoms in total. The van der Waals surface area contributed by atoms with E-state index in [4.69, 9.17) is 14.6 Å². The summed E-state index contributed by atoms with van der Waals surface area (Å²) in [4.78, 5) is 36.3. The third-order valence-electron chi connectivity index (χ3n) is 6.66. The fraction of sp³-hybridized carbons (Fsp3) is 0.667. The molecule has 8 atom stereocenters. The van der Waals surface area contributed by atoms with Crippen molar-refractivity contribution in [3.05, 3.63) is 24.3 Å². The van der Waals surface area contributed by atoms with Crippen LogP contribution in [0.4, 0.5) is 0 Å². The number of hydrogen-bond acceptors (Lipinski definition) is 9. The molecule has 0 amide bonds. The molecule has 0 spiro atoms. The van der Waals surface area contributed by atoms with E-state index < -0.39 is 71.7 Å². The van der Waals surface area contributed by atoms with Crippen molar-refractivity contribution in [3.63, 3.8) is 0 Å². The Morgan fingerprint density at radius 3 is 2.40 bits per heavy atom. The smallest absolute Gasteiger partial charge is 0.336 e. The van der Waals surface area contributed by atoms with Gasteiger partial charge in [0.25, 0.3) is 0 Å². The highest BCUT2D eigenvalue weighted by atomic mass is 16.5. The predicted molar refractivity (Wildman–Crippen MR) is 104 cm³/mol. The van der Waals surface area contributed by atoms with Crippen molar-refractivity contribution < 1.29 is 44.3 Å². The van der Waals surface area contributed by atoms with Gasteiger partial charge in [0.15, 0.2) is 0 Å². The molecule has 0 bridgehead atoms. The van der Waals surface area contributed by atoms with Crippen LogP contribution in [0.25, 0.3) is 0 Å². The maximum absolute atomic E-state index is 12.5.